The molecule has 2 rings (SSSR count). The lowest BCUT2D eigenvalue weighted by Gasteiger charge is -2.19. The molecule has 0 unspecified atom stereocenters. The molecule has 6 heteroatoms. The topological polar surface area (TPSA) is 67.1 Å². The zero-order valence-electron chi connectivity index (χ0n) is 12.3. The summed E-state index contributed by atoms with van der Waals surface area (Å²) in [7, 11) is 2.01. The Morgan fingerprint density at radius 2 is 1.95 bits per heavy atom. The highest BCUT2D eigenvalue weighted by Crippen LogP contribution is 2.18. The summed E-state index contributed by atoms with van der Waals surface area (Å²) in [6, 6.07) is 10.1. The zero-order valence-corrected chi connectivity index (χ0v) is 13.9. The minimum atomic E-state index is 0.645. The van der Waals surface area contributed by atoms with Gasteiger partial charge in [-0.3, -0.25) is 0 Å². The Morgan fingerprint density at radius 3 is 2.57 bits per heavy atom. The molecular weight excluding hydrogens is 330 g/mol. The summed E-state index contributed by atoms with van der Waals surface area (Å²) >= 11 is 3.45. The summed E-state index contributed by atoms with van der Waals surface area (Å²) < 4.78 is 1.08. The lowest BCUT2D eigenvalue weighted by Crippen LogP contribution is -2.20. The van der Waals surface area contributed by atoms with E-state index in [1.807, 2.05) is 25.2 Å². The lowest BCUT2D eigenvalue weighted by molar-refractivity contribution is 0.812. The lowest BCUT2D eigenvalue weighted by atomic mass is 10.2. The molecule has 2 aromatic rings. The first-order chi connectivity index (χ1) is 10.1. The second-order valence-electron chi connectivity index (χ2n) is 4.90. The van der Waals surface area contributed by atoms with Crippen LogP contribution in [0.5, 0.6) is 0 Å². The van der Waals surface area contributed by atoms with Gasteiger partial charge in [0.25, 0.3) is 0 Å². The van der Waals surface area contributed by atoms with E-state index in [-0.39, 0.29) is 0 Å². The summed E-state index contributed by atoms with van der Waals surface area (Å²) in [4.78, 5) is 11.0. The van der Waals surface area contributed by atoms with Gasteiger partial charge in [0.05, 0.1) is 0 Å². The quantitative estimate of drug-likeness (QED) is 0.619. The Kier molecular flexibility index (Phi) is 5.52. The summed E-state index contributed by atoms with van der Waals surface area (Å²) in [5, 5.41) is 0. The van der Waals surface area contributed by atoms with Crippen LogP contribution in [0.2, 0.25) is 0 Å². The number of aromatic nitrogens is 2. The summed E-state index contributed by atoms with van der Waals surface area (Å²) in [6.45, 7) is 2.89. The molecule has 0 aliphatic rings. The predicted molar refractivity (Wildman–Crippen MR) is 90.1 cm³/mol. The second kappa shape index (κ2) is 7.38. The predicted octanol–water partition coefficient (Wildman–Crippen LogP) is 3.11. The van der Waals surface area contributed by atoms with Crippen LogP contribution in [-0.4, -0.2) is 17.0 Å². The van der Waals surface area contributed by atoms with Gasteiger partial charge >= 0.3 is 0 Å². The largest absolute Gasteiger partial charge is 0.355 e. The van der Waals surface area contributed by atoms with Gasteiger partial charge in [-0.05, 0) is 24.1 Å². The van der Waals surface area contributed by atoms with E-state index in [4.69, 9.17) is 5.84 Å². The van der Waals surface area contributed by atoms with Gasteiger partial charge in [0, 0.05) is 30.6 Å². The van der Waals surface area contributed by atoms with Gasteiger partial charge in [0.15, 0.2) is 0 Å². The van der Waals surface area contributed by atoms with Crippen molar-refractivity contribution in [1.82, 2.24) is 9.97 Å². The number of halogens is 1. The molecule has 0 atom stereocenters. The molecule has 0 spiro atoms. The molecule has 0 bridgehead atoms. The standard InChI is InChI=1S/C15H20BrN5/c1-3-4-13-18-14(20-17)9-15(19-13)21(2)10-11-5-7-12(16)8-6-11/h5-9H,3-4,10,17H2,1-2H3,(H,18,19,20). The Bertz CT molecular complexity index is 585. The average molecular weight is 350 g/mol. The number of benzene rings is 1. The van der Waals surface area contributed by atoms with Gasteiger partial charge < -0.3 is 10.3 Å². The number of nitrogens with two attached hydrogens (primary N) is 1. The van der Waals surface area contributed by atoms with Crippen molar-refractivity contribution in [3.8, 4) is 0 Å². The second-order valence-corrected chi connectivity index (χ2v) is 5.82. The number of anilines is 2. The van der Waals surface area contributed by atoms with E-state index in [0.29, 0.717) is 5.82 Å². The van der Waals surface area contributed by atoms with Crippen molar-refractivity contribution in [1.29, 1.82) is 0 Å². The highest BCUT2D eigenvalue weighted by atomic mass is 79.9. The van der Waals surface area contributed by atoms with Crippen LogP contribution in [0.3, 0.4) is 0 Å². The number of hydrazine groups is 1. The fourth-order valence-electron chi connectivity index (χ4n) is 2.03. The highest BCUT2D eigenvalue weighted by molar-refractivity contribution is 9.10. The molecule has 1 aromatic carbocycles. The van der Waals surface area contributed by atoms with Crippen molar-refractivity contribution >= 4 is 27.6 Å². The number of hydrogen-bond acceptors (Lipinski definition) is 5. The van der Waals surface area contributed by atoms with Crippen LogP contribution in [0.4, 0.5) is 11.6 Å². The maximum absolute atomic E-state index is 5.49. The van der Waals surface area contributed by atoms with Gasteiger partial charge in [-0.2, -0.15) is 0 Å². The zero-order chi connectivity index (χ0) is 15.2. The smallest absolute Gasteiger partial charge is 0.145 e. The van der Waals surface area contributed by atoms with E-state index in [1.165, 1.54) is 5.56 Å². The Hall–Kier alpha value is -1.66. The monoisotopic (exact) mass is 349 g/mol. The van der Waals surface area contributed by atoms with Crippen LogP contribution in [0, 0.1) is 0 Å². The van der Waals surface area contributed by atoms with Gasteiger partial charge in [-0.25, -0.2) is 15.8 Å². The van der Waals surface area contributed by atoms with E-state index in [2.05, 4.69) is 55.3 Å². The average Bonchev–Trinajstić information content (AvgIpc) is 2.49. The summed E-state index contributed by atoms with van der Waals surface area (Å²) in [6.07, 6.45) is 1.85. The molecule has 112 valence electrons. The number of hydrogen-bond donors (Lipinski definition) is 2. The normalized spacial score (nSPS) is 10.5. The van der Waals surface area contributed by atoms with E-state index in [0.717, 1.165) is 35.5 Å². The number of nitrogen functional groups attached to an aromatic ring is 1. The van der Waals surface area contributed by atoms with Crippen molar-refractivity contribution in [3.05, 3.63) is 46.2 Å². The van der Waals surface area contributed by atoms with Crippen LogP contribution < -0.4 is 16.2 Å². The summed E-state index contributed by atoms with van der Waals surface area (Å²) in [5.41, 5.74) is 3.83. The van der Waals surface area contributed by atoms with E-state index in [9.17, 15) is 0 Å². The Morgan fingerprint density at radius 1 is 1.24 bits per heavy atom. The van der Waals surface area contributed by atoms with Crippen LogP contribution >= 0.6 is 15.9 Å². The van der Waals surface area contributed by atoms with Crippen molar-refractivity contribution in [3.63, 3.8) is 0 Å². The fourth-order valence-corrected chi connectivity index (χ4v) is 2.30. The maximum Gasteiger partial charge on any atom is 0.145 e. The Labute approximate surface area is 133 Å². The van der Waals surface area contributed by atoms with Crippen molar-refractivity contribution in [2.24, 2.45) is 5.84 Å². The van der Waals surface area contributed by atoms with E-state index in [1.54, 1.807) is 0 Å². The van der Waals surface area contributed by atoms with Crippen molar-refractivity contribution < 1.29 is 0 Å². The molecule has 5 nitrogen and oxygen atoms in total. The third kappa shape index (κ3) is 4.41. The third-order valence-electron chi connectivity index (χ3n) is 3.10. The molecule has 0 radical (unpaired) electrons. The molecule has 0 fully saturated rings. The van der Waals surface area contributed by atoms with Crippen molar-refractivity contribution in [2.75, 3.05) is 17.4 Å². The molecule has 0 saturated heterocycles. The first kappa shape index (κ1) is 15.7. The van der Waals surface area contributed by atoms with Crippen LogP contribution in [0.1, 0.15) is 24.7 Å². The number of rotatable bonds is 6. The van der Waals surface area contributed by atoms with Gasteiger partial charge in [-0.1, -0.05) is 35.0 Å². The fraction of sp³-hybridized carbons (Fsp3) is 0.333. The van der Waals surface area contributed by atoms with E-state index < -0.39 is 0 Å². The first-order valence-corrected chi connectivity index (χ1v) is 7.72. The highest BCUT2D eigenvalue weighted by Gasteiger charge is 2.08. The number of nitrogens with one attached hydrogen (secondary N) is 1. The van der Waals surface area contributed by atoms with Gasteiger partial charge in [0.1, 0.15) is 17.5 Å². The van der Waals surface area contributed by atoms with Gasteiger partial charge in [0.2, 0.25) is 0 Å². The van der Waals surface area contributed by atoms with Crippen molar-refractivity contribution in [2.45, 2.75) is 26.3 Å². The Balaban J connectivity index is 2.19. The number of aryl methyl sites for hydroxylation is 1. The molecule has 1 heterocycles. The minimum Gasteiger partial charge on any atom is -0.355 e. The van der Waals surface area contributed by atoms with E-state index >= 15 is 0 Å². The maximum atomic E-state index is 5.49. The molecule has 0 aliphatic heterocycles. The summed E-state index contributed by atoms with van der Waals surface area (Å²) in [5.74, 6) is 7.81. The molecule has 0 aliphatic carbocycles. The third-order valence-corrected chi connectivity index (χ3v) is 3.63. The van der Waals surface area contributed by atoms with Gasteiger partial charge in [-0.15, -0.1) is 0 Å². The van der Waals surface area contributed by atoms with Crippen LogP contribution in [-0.2, 0) is 13.0 Å². The molecule has 1 aromatic heterocycles. The minimum absolute atomic E-state index is 0.645. The molecule has 3 N–H and O–H groups in total. The molecule has 0 amide bonds. The molecule has 21 heavy (non-hydrogen) atoms. The number of nitrogens with zero attached hydrogens (tertiary/aromatic N) is 3. The first-order valence-electron chi connectivity index (χ1n) is 6.92. The van der Waals surface area contributed by atoms with Crippen LogP contribution in [0.25, 0.3) is 0 Å². The molecular formula is C15H20BrN5. The van der Waals surface area contributed by atoms with Crippen LogP contribution in [0.15, 0.2) is 34.8 Å². The SMILES string of the molecule is CCCc1nc(NN)cc(N(C)Cc2ccc(Br)cc2)n1. The molecule has 0 saturated carbocycles.